The lowest BCUT2D eigenvalue weighted by molar-refractivity contribution is -0.114. The molecule has 0 saturated carbocycles. The topological polar surface area (TPSA) is 54.0 Å². The van der Waals surface area contributed by atoms with E-state index in [1.807, 2.05) is 29.6 Å². The molecule has 0 radical (unpaired) electrons. The zero-order chi connectivity index (χ0) is 13.7. The van der Waals surface area contributed by atoms with Gasteiger partial charge in [0.15, 0.2) is 0 Å². The summed E-state index contributed by atoms with van der Waals surface area (Å²) in [6.07, 6.45) is 1.79. The van der Waals surface area contributed by atoms with Crippen LogP contribution in [-0.2, 0) is 11.3 Å². The molecular weight excluding hydrogens is 258 g/mol. The number of amides is 1. The highest BCUT2D eigenvalue weighted by Crippen LogP contribution is 2.23. The van der Waals surface area contributed by atoms with Gasteiger partial charge in [0.25, 0.3) is 0 Å². The lowest BCUT2D eigenvalue weighted by Crippen LogP contribution is -2.19. The number of aromatic nitrogens is 1. The molecule has 0 saturated heterocycles. The van der Waals surface area contributed by atoms with Crippen LogP contribution in [0.2, 0.25) is 0 Å². The predicted molar refractivity (Wildman–Crippen MR) is 78.1 cm³/mol. The molecule has 100 valence electrons. The molecule has 2 N–H and O–H groups in total. The lowest BCUT2D eigenvalue weighted by atomic mass is 10.2. The van der Waals surface area contributed by atoms with Gasteiger partial charge in [-0.3, -0.25) is 9.78 Å². The summed E-state index contributed by atoms with van der Waals surface area (Å²) in [6, 6.07) is 7.99. The van der Waals surface area contributed by atoms with Crippen LogP contribution >= 0.6 is 11.3 Å². The predicted octanol–water partition coefficient (Wildman–Crippen LogP) is 2.95. The van der Waals surface area contributed by atoms with Crippen LogP contribution in [0.25, 0.3) is 0 Å². The number of nitrogens with one attached hydrogen (secondary N) is 2. The van der Waals surface area contributed by atoms with Crippen molar-refractivity contribution in [1.82, 2.24) is 10.3 Å². The maximum atomic E-state index is 11.1. The first-order chi connectivity index (χ1) is 9.16. The summed E-state index contributed by atoms with van der Waals surface area (Å²) in [6.45, 7) is 4.31. The molecule has 0 spiro atoms. The molecule has 1 atom stereocenters. The first-order valence-electron chi connectivity index (χ1n) is 6.15. The fraction of sp³-hybridized carbons (Fsp3) is 0.286. The minimum atomic E-state index is -0.0441. The molecule has 0 aliphatic carbocycles. The second kappa shape index (κ2) is 6.45. The summed E-state index contributed by atoms with van der Waals surface area (Å²) in [5.74, 6) is -0.0441. The lowest BCUT2D eigenvalue weighted by Gasteiger charge is -2.13. The van der Waals surface area contributed by atoms with E-state index >= 15 is 0 Å². The zero-order valence-corrected chi connectivity index (χ0v) is 11.8. The molecular formula is C14H17N3OS. The first-order valence-corrected chi connectivity index (χ1v) is 7.03. The van der Waals surface area contributed by atoms with E-state index in [1.54, 1.807) is 17.5 Å². The number of carbonyl (C=O) groups is 1. The van der Waals surface area contributed by atoms with E-state index in [0.29, 0.717) is 6.54 Å². The molecule has 0 unspecified atom stereocenters. The third-order valence-electron chi connectivity index (χ3n) is 2.76. The van der Waals surface area contributed by atoms with Crippen molar-refractivity contribution in [2.75, 3.05) is 5.32 Å². The quantitative estimate of drug-likeness (QED) is 0.882. The summed E-state index contributed by atoms with van der Waals surface area (Å²) < 4.78 is 0. The van der Waals surface area contributed by atoms with E-state index in [-0.39, 0.29) is 11.9 Å². The summed E-state index contributed by atoms with van der Waals surface area (Å²) in [5, 5.41) is 8.22. The highest BCUT2D eigenvalue weighted by Gasteiger charge is 2.09. The molecule has 19 heavy (non-hydrogen) atoms. The Bertz CT molecular complexity index is 539. The average molecular weight is 275 g/mol. The third-order valence-corrected chi connectivity index (χ3v) is 3.68. The van der Waals surface area contributed by atoms with Gasteiger partial charge in [0.1, 0.15) is 0 Å². The van der Waals surface area contributed by atoms with Crippen LogP contribution in [0.1, 0.15) is 30.5 Å². The molecule has 0 fully saturated rings. The maximum Gasteiger partial charge on any atom is 0.221 e. The Hall–Kier alpha value is -1.72. The Labute approximate surface area is 116 Å². The van der Waals surface area contributed by atoms with Crippen LogP contribution in [0.4, 0.5) is 5.69 Å². The fourth-order valence-electron chi connectivity index (χ4n) is 1.76. The number of hydrogen-bond donors (Lipinski definition) is 2. The van der Waals surface area contributed by atoms with Crippen LogP contribution < -0.4 is 10.6 Å². The van der Waals surface area contributed by atoms with Gasteiger partial charge in [-0.2, -0.15) is 0 Å². The molecule has 2 aromatic heterocycles. The Morgan fingerprint density at radius 1 is 1.42 bits per heavy atom. The van der Waals surface area contributed by atoms with Gasteiger partial charge in [0.2, 0.25) is 5.91 Å². The van der Waals surface area contributed by atoms with E-state index in [4.69, 9.17) is 0 Å². The van der Waals surface area contributed by atoms with Crippen LogP contribution in [0, 0.1) is 0 Å². The van der Waals surface area contributed by atoms with Gasteiger partial charge in [0, 0.05) is 30.6 Å². The van der Waals surface area contributed by atoms with Gasteiger partial charge in [-0.15, -0.1) is 11.3 Å². The Morgan fingerprint density at radius 2 is 2.26 bits per heavy atom. The van der Waals surface area contributed by atoms with Gasteiger partial charge in [-0.1, -0.05) is 6.07 Å². The van der Waals surface area contributed by atoms with Crippen molar-refractivity contribution in [3.63, 3.8) is 0 Å². The second-order valence-corrected chi connectivity index (χ2v) is 5.30. The maximum absolute atomic E-state index is 11.1. The number of nitrogens with zero attached hydrogens (tertiary/aromatic N) is 1. The molecule has 2 heterocycles. The second-order valence-electron chi connectivity index (χ2n) is 4.30. The average Bonchev–Trinajstić information content (AvgIpc) is 2.83. The molecule has 4 nitrogen and oxygen atoms in total. The summed E-state index contributed by atoms with van der Waals surface area (Å²) in [7, 11) is 0. The van der Waals surface area contributed by atoms with Crippen LogP contribution in [0.3, 0.4) is 0 Å². The molecule has 0 bridgehead atoms. The van der Waals surface area contributed by atoms with E-state index in [0.717, 1.165) is 16.3 Å². The van der Waals surface area contributed by atoms with Gasteiger partial charge >= 0.3 is 0 Å². The van der Waals surface area contributed by atoms with Gasteiger partial charge in [-0.05, 0) is 30.5 Å². The SMILES string of the molecule is CC(=O)Nc1ccsc1CN[C@H](C)c1ccccn1. The minimum Gasteiger partial charge on any atom is -0.325 e. The third kappa shape index (κ3) is 3.87. The van der Waals surface area contributed by atoms with E-state index in [9.17, 15) is 4.79 Å². The van der Waals surface area contributed by atoms with Gasteiger partial charge in [0.05, 0.1) is 11.4 Å². The fourth-order valence-corrected chi connectivity index (χ4v) is 2.54. The number of rotatable bonds is 5. The standard InChI is InChI=1S/C14H17N3OS/c1-10(12-5-3-4-7-15-12)16-9-14-13(6-8-19-14)17-11(2)18/h3-8,10,16H,9H2,1-2H3,(H,17,18)/t10-/m1/s1. The van der Waals surface area contributed by atoms with E-state index in [2.05, 4.69) is 22.5 Å². The highest BCUT2D eigenvalue weighted by molar-refractivity contribution is 7.10. The van der Waals surface area contributed by atoms with Crippen LogP contribution in [-0.4, -0.2) is 10.9 Å². The van der Waals surface area contributed by atoms with Gasteiger partial charge < -0.3 is 10.6 Å². The molecule has 0 aromatic carbocycles. The van der Waals surface area contributed by atoms with Crippen molar-refractivity contribution in [2.45, 2.75) is 26.4 Å². The smallest absolute Gasteiger partial charge is 0.221 e. The molecule has 0 aliphatic rings. The number of anilines is 1. The minimum absolute atomic E-state index is 0.0441. The van der Waals surface area contributed by atoms with Crippen molar-refractivity contribution in [3.8, 4) is 0 Å². The van der Waals surface area contributed by atoms with Crippen molar-refractivity contribution in [2.24, 2.45) is 0 Å². The molecule has 2 rings (SSSR count). The Morgan fingerprint density at radius 3 is 2.95 bits per heavy atom. The van der Waals surface area contributed by atoms with Crippen molar-refractivity contribution < 1.29 is 4.79 Å². The number of hydrogen-bond acceptors (Lipinski definition) is 4. The summed E-state index contributed by atoms with van der Waals surface area (Å²) in [5.41, 5.74) is 1.90. The van der Waals surface area contributed by atoms with Crippen LogP contribution in [0.5, 0.6) is 0 Å². The Kier molecular flexibility index (Phi) is 4.65. The van der Waals surface area contributed by atoms with Crippen LogP contribution in [0.15, 0.2) is 35.8 Å². The van der Waals surface area contributed by atoms with Crippen molar-refractivity contribution in [1.29, 1.82) is 0 Å². The number of thiophene rings is 1. The monoisotopic (exact) mass is 275 g/mol. The van der Waals surface area contributed by atoms with Crippen molar-refractivity contribution >= 4 is 22.9 Å². The first kappa shape index (κ1) is 13.7. The molecule has 0 aliphatic heterocycles. The molecule has 5 heteroatoms. The van der Waals surface area contributed by atoms with Crippen molar-refractivity contribution in [3.05, 3.63) is 46.4 Å². The molecule has 1 amide bonds. The number of carbonyl (C=O) groups excluding carboxylic acids is 1. The van der Waals surface area contributed by atoms with E-state index in [1.165, 1.54) is 6.92 Å². The van der Waals surface area contributed by atoms with Gasteiger partial charge in [-0.25, -0.2) is 0 Å². The molecule has 2 aromatic rings. The number of pyridine rings is 1. The highest BCUT2D eigenvalue weighted by atomic mass is 32.1. The Balaban J connectivity index is 1.95. The van der Waals surface area contributed by atoms with E-state index < -0.39 is 0 Å². The normalized spacial score (nSPS) is 12.1. The largest absolute Gasteiger partial charge is 0.325 e. The summed E-state index contributed by atoms with van der Waals surface area (Å²) in [4.78, 5) is 16.5. The zero-order valence-electron chi connectivity index (χ0n) is 11.0. The summed E-state index contributed by atoms with van der Waals surface area (Å²) >= 11 is 1.63.